The minimum atomic E-state index is -0.410. The number of carbonyl (C=O) groups is 1. The van der Waals surface area contributed by atoms with E-state index < -0.39 is 6.04 Å². The number of hydrogen-bond acceptors (Lipinski definition) is 8. The summed E-state index contributed by atoms with van der Waals surface area (Å²) in [5.41, 5.74) is 3.45. The van der Waals surface area contributed by atoms with Crippen LogP contribution < -0.4 is 24.3 Å². The van der Waals surface area contributed by atoms with Crippen molar-refractivity contribution in [2.45, 2.75) is 24.8 Å². The molecule has 0 fully saturated rings. The van der Waals surface area contributed by atoms with Crippen LogP contribution >= 0.6 is 0 Å². The fourth-order valence-electron chi connectivity index (χ4n) is 4.83. The molecule has 0 radical (unpaired) electrons. The van der Waals surface area contributed by atoms with E-state index in [1.54, 1.807) is 33.1 Å². The summed E-state index contributed by atoms with van der Waals surface area (Å²) in [6.45, 7) is 0. The first-order valence-electron chi connectivity index (χ1n) is 10.9. The number of allylic oxidation sites excluding steroid dienone is 2. The van der Waals surface area contributed by atoms with Gasteiger partial charge < -0.3 is 24.3 Å². The Morgan fingerprint density at radius 2 is 1.47 bits per heavy atom. The number of nitrogens with zero attached hydrogens (tertiary/aromatic N) is 3. The molecule has 176 valence electrons. The lowest BCUT2D eigenvalue weighted by atomic mass is 9.78. The lowest BCUT2D eigenvalue weighted by Gasteiger charge is -2.35. The maximum Gasteiger partial charge on any atom is 0.226 e. The second-order valence-electron chi connectivity index (χ2n) is 8.21. The summed E-state index contributed by atoms with van der Waals surface area (Å²) in [4.78, 5) is 18.0. The number of aromatic nitrogens is 3. The Bertz CT molecular complexity index is 1280. The Labute approximate surface area is 197 Å². The Kier molecular flexibility index (Phi) is 5.61. The summed E-state index contributed by atoms with van der Waals surface area (Å²) in [6.07, 6.45) is 2.53. The van der Waals surface area contributed by atoms with Gasteiger partial charge in [-0.15, -0.1) is 0 Å². The molecule has 0 bridgehead atoms. The van der Waals surface area contributed by atoms with Gasteiger partial charge in [-0.25, -0.2) is 4.68 Å². The summed E-state index contributed by atoms with van der Waals surface area (Å²) in [5, 5.41) is 7.76. The number of ether oxygens (including phenoxy) is 4. The third-order valence-corrected chi connectivity index (χ3v) is 6.46. The van der Waals surface area contributed by atoms with Crippen LogP contribution in [0.2, 0.25) is 0 Å². The van der Waals surface area contributed by atoms with Gasteiger partial charge in [0.25, 0.3) is 0 Å². The third-order valence-electron chi connectivity index (χ3n) is 6.46. The second-order valence-corrected chi connectivity index (χ2v) is 8.21. The smallest absolute Gasteiger partial charge is 0.226 e. The summed E-state index contributed by atoms with van der Waals surface area (Å²) in [7, 11) is 6.40. The maximum absolute atomic E-state index is 13.6. The molecule has 2 heterocycles. The lowest BCUT2D eigenvalue weighted by molar-refractivity contribution is -0.116. The van der Waals surface area contributed by atoms with E-state index in [-0.39, 0.29) is 11.7 Å². The molecule has 2 aromatic carbocycles. The van der Waals surface area contributed by atoms with E-state index in [2.05, 4.69) is 15.4 Å². The van der Waals surface area contributed by atoms with E-state index in [1.807, 2.05) is 36.4 Å². The molecule has 34 heavy (non-hydrogen) atoms. The second kappa shape index (κ2) is 8.74. The van der Waals surface area contributed by atoms with Crippen molar-refractivity contribution in [3.05, 3.63) is 65.1 Å². The molecule has 9 nitrogen and oxygen atoms in total. The number of hydrogen-bond donors (Lipinski definition) is 1. The van der Waals surface area contributed by atoms with Gasteiger partial charge in [0, 0.05) is 17.7 Å². The van der Waals surface area contributed by atoms with Crippen LogP contribution in [-0.2, 0) is 4.79 Å². The molecule has 0 saturated carbocycles. The first kappa shape index (κ1) is 21.8. The molecule has 9 heteroatoms. The number of rotatable bonds is 6. The number of benzene rings is 2. The number of nitrogens with one attached hydrogen (secondary N) is 1. The molecule has 1 aliphatic heterocycles. The van der Waals surface area contributed by atoms with Crippen LogP contribution in [0, 0.1) is 0 Å². The summed E-state index contributed by atoms with van der Waals surface area (Å²) in [5.74, 6) is 3.18. The van der Waals surface area contributed by atoms with Gasteiger partial charge in [-0.3, -0.25) is 4.79 Å². The number of carbonyl (C=O) groups excluding carboxylic acids is 1. The highest BCUT2D eigenvalue weighted by Crippen LogP contribution is 2.45. The van der Waals surface area contributed by atoms with Crippen molar-refractivity contribution in [1.82, 2.24) is 14.8 Å². The van der Waals surface area contributed by atoms with Crippen molar-refractivity contribution in [3.63, 3.8) is 0 Å². The maximum atomic E-state index is 13.6. The Morgan fingerprint density at radius 3 is 2.12 bits per heavy atom. The molecule has 2 aliphatic rings. The first-order valence-corrected chi connectivity index (χ1v) is 10.9. The van der Waals surface area contributed by atoms with Crippen LogP contribution in [0.4, 0.5) is 5.95 Å². The number of anilines is 1. The number of fused-ring (bicyclic) bond motifs is 1. The summed E-state index contributed by atoms with van der Waals surface area (Å²) >= 11 is 0. The number of Topliss-reactive ketones (excluding diaryl/α,β-unsaturated/α-hetero) is 1. The molecular weight excluding hydrogens is 436 g/mol. The molecule has 2 unspecified atom stereocenters. The van der Waals surface area contributed by atoms with Gasteiger partial charge in [0.1, 0.15) is 12.4 Å². The quantitative estimate of drug-likeness (QED) is 0.592. The molecule has 0 amide bonds. The van der Waals surface area contributed by atoms with E-state index in [9.17, 15) is 4.79 Å². The Hall–Kier alpha value is -4.01. The van der Waals surface area contributed by atoms with Crippen LogP contribution in [0.3, 0.4) is 0 Å². The van der Waals surface area contributed by atoms with Crippen molar-refractivity contribution in [1.29, 1.82) is 0 Å². The average molecular weight is 463 g/mol. The number of ketones is 1. The van der Waals surface area contributed by atoms with Gasteiger partial charge >= 0.3 is 0 Å². The largest absolute Gasteiger partial charge is 0.493 e. The highest BCUT2D eigenvalue weighted by Gasteiger charge is 2.39. The predicted octanol–water partition coefficient (Wildman–Crippen LogP) is 3.73. The van der Waals surface area contributed by atoms with Crippen molar-refractivity contribution < 1.29 is 23.7 Å². The Morgan fingerprint density at radius 1 is 0.853 bits per heavy atom. The van der Waals surface area contributed by atoms with E-state index in [0.717, 1.165) is 16.8 Å². The fraction of sp³-hybridized carbons (Fsp3) is 0.320. The highest BCUT2D eigenvalue weighted by molar-refractivity contribution is 6.00. The third kappa shape index (κ3) is 3.53. The van der Waals surface area contributed by atoms with E-state index >= 15 is 0 Å². The van der Waals surface area contributed by atoms with Gasteiger partial charge in [0.15, 0.2) is 28.8 Å². The zero-order chi connectivity index (χ0) is 23.8. The summed E-state index contributed by atoms with van der Waals surface area (Å²) < 4.78 is 23.5. The van der Waals surface area contributed by atoms with Crippen molar-refractivity contribution >= 4 is 11.7 Å². The highest BCUT2D eigenvalue weighted by atomic mass is 16.5. The van der Waals surface area contributed by atoms with Gasteiger partial charge in [-0.1, -0.05) is 12.1 Å². The van der Waals surface area contributed by atoms with Crippen LogP contribution in [0.15, 0.2) is 54.0 Å². The number of methoxy groups -OCH3 is 4. The topological polar surface area (TPSA) is 96.7 Å². The average Bonchev–Trinajstić information content (AvgIpc) is 3.34. The van der Waals surface area contributed by atoms with Gasteiger partial charge in [-0.05, 0) is 47.7 Å². The van der Waals surface area contributed by atoms with E-state index in [4.69, 9.17) is 18.9 Å². The van der Waals surface area contributed by atoms with Crippen LogP contribution in [-0.4, -0.2) is 49.0 Å². The van der Waals surface area contributed by atoms with Crippen molar-refractivity contribution in [2.75, 3.05) is 33.8 Å². The lowest BCUT2D eigenvalue weighted by Crippen LogP contribution is -2.33. The SMILES string of the molecule is COc1ccc(C2CC(=O)C3=C(C2)Nc2ncnn2C3c2ccc(OC)c(OC)c2)cc1OC. The summed E-state index contributed by atoms with van der Waals surface area (Å²) in [6, 6.07) is 11.1. The van der Waals surface area contributed by atoms with Gasteiger partial charge in [-0.2, -0.15) is 10.1 Å². The van der Waals surface area contributed by atoms with Crippen LogP contribution in [0.5, 0.6) is 23.0 Å². The minimum Gasteiger partial charge on any atom is -0.493 e. The monoisotopic (exact) mass is 462 g/mol. The first-order chi connectivity index (χ1) is 16.6. The zero-order valence-electron chi connectivity index (χ0n) is 19.5. The molecule has 0 saturated heterocycles. The Balaban J connectivity index is 1.56. The molecule has 1 aromatic heterocycles. The minimum absolute atomic E-state index is 0.000851. The molecule has 3 aromatic rings. The van der Waals surface area contributed by atoms with Crippen LogP contribution in [0.25, 0.3) is 0 Å². The molecule has 0 spiro atoms. The van der Waals surface area contributed by atoms with Gasteiger partial charge in [0.05, 0.1) is 28.4 Å². The van der Waals surface area contributed by atoms with Crippen molar-refractivity contribution in [2.24, 2.45) is 0 Å². The normalized spacial score (nSPS) is 19.1. The van der Waals surface area contributed by atoms with E-state index in [1.165, 1.54) is 6.33 Å². The molecule has 5 rings (SSSR count). The van der Waals surface area contributed by atoms with E-state index in [0.29, 0.717) is 47.4 Å². The molecule has 1 aliphatic carbocycles. The molecule has 1 N–H and O–H groups in total. The van der Waals surface area contributed by atoms with Gasteiger partial charge in [0.2, 0.25) is 5.95 Å². The predicted molar refractivity (Wildman–Crippen MR) is 125 cm³/mol. The standard InChI is InChI=1S/C25H26N4O5/c1-31-19-7-5-14(11-21(19)33-3)16-9-17-23(18(30)10-16)24(29-25(28-17)26-13-27-29)15-6-8-20(32-2)22(12-15)34-4/h5-8,11-13,16,24H,9-10H2,1-4H3,(H,26,27,28). The molecule has 2 atom stereocenters. The van der Waals surface area contributed by atoms with Crippen molar-refractivity contribution in [3.8, 4) is 23.0 Å². The molecular formula is C25H26N4O5. The zero-order valence-corrected chi connectivity index (χ0v) is 19.5. The fourth-order valence-corrected chi connectivity index (χ4v) is 4.83. The van der Waals surface area contributed by atoms with Crippen LogP contribution in [0.1, 0.15) is 35.9 Å².